The first-order valence-electron chi connectivity index (χ1n) is 11.9. The number of carboxylic acids is 1. The number of piperazine rings is 1. The van der Waals surface area contributed by atoms with Crippen molar-refractivity contribution in [3.8, 4) is 0 Å². The van der Waals surface area contributed by atoms with Crippen molar-refractivity contribution in [2.45, 2.75) is 38.1 Å². The van der Waals surface area contributed by atoms with E-state index in [0.29, 0.717) is 25.3 Å². The maximum Gasteiger partial charge on any atom is 0.323 e. The maximum atomic E-state index is 13.0. The number of carboxylic acid groups (broad SMARTS) is 1. The standard InChI is InChI=1S/C24H34N6O5.ClH/c25-24(26)28-13-17-6-8-18(9-7-17)22(34)27-14-20(31)30-11-10-29(15-21(32)33)23(35)19(30)12-16-4-2-1-3-5-16;/h1-5,17-19H,6-15H2,(H,27,34)(H,32,33)(H4,25,26,28);1H/t17-,18-,19-;/m0./s1. The predicted octanol–water partition coefficient (Wildman–Crippen LogP) is 0.181. The van der Waals surface area contributed by atoms with Crippen LogP contribution in [0.2, 0.25) is 0 Å². The molecule has 1 aromatic carbocycles. The predicted molar refractivity (Wildman–Crippen MR) is 135 cm³/mol. The molecular weight excluding hydrogens is 488 g/mol. The molecule has 2 fully saturated rings. The molecule has 1 saturated heterocycles. The van der Waals surface area contributed by atoms with E-state index < -0.39 is 24.5 Å². The molecule has 11 nitrogen and oxygen atoms in total. The average Bonchev–Trinajstić information content (AvgIpc) is 2.84. The van der Waals surface area contributed by atoms with Crippen LogP contribution in [0, 0.1) is 17.2 Å². The summed E-state index contributed by atoms with van der Waals surface area (Å²) in [6.07, 6.45) is 3.35. The maximum absolute atomic E-state index is 13.0. The Morgan fingerprint density at radius 2 is 1.72 bits per heavy atom. The lowest BCUT2D eigenvalue weighted by Crippen LogP contribution is -2.61. The van der Waals surface area contributed by atoms with Crippen molar-refractivity contribution in [3.05, 3.63) is 35.9 Å². The second kappa shape index (κ2) is 13.7. The van der Waals surface area contributed by atoms with E-state index in [1.807, 2.05) is 30.3 Å². The summed E-state index contributed by atoms with van der Waals surface area (Å²) in [5.41, 5.74) is 6.19. The number of amides is 3. The number of nitrogens with one attached hydrogen (secondary N) is 3. The third-order valence-electron chi connectivity index (χ3n) is 6.71. The minimum absolute atomic E-state index is 0. The van der Waals surface area contributed by atoms with Crippen LogP contribution >= 0.6 is 12.4 Å². The molecule has 1 atom stereocenters. The molecule has 12 heteroatoms. The number of guanidine groups is 1. The lowest BCUT2D eigenvalue weighted by molar-refractivity contribution is -0.155. The number of hydrogen-bond donors (Lipinski definition) is 5. The normalized spacial score (nSPS) is 21.8. The van der Waals surface area contributed by atoms with Crippen LogP contribution in [0.5, 0.6) is 0 Å². The minimum Gasteiger partial charge on any atom is -0.480 e. The zero-order chi connectivity index (χ0) is 25.4. The number of nitrogens with two attached hydrogens (primary N) is 1. The summed E-state index contributed by atoms with van der Waals surface area (Å²) in [6, 6.07) is 8.43. The molecule has 1 aliphatic heterocycles. The molecule has 3 rings (SSSR count). The van der Waals surface area contributed by atoms with E-state index in [4.69, 9.17) is 16.2 Å². The van der Waals surface area contributed by atoms with Gasteiger partial charge in [-0.25, -0.2) is 0 Å². The van der Waals surface area contributed by atoms with Gasteiger partial charge in [0, 0.05) is 32.0 Å². The Balaban J connectivity index is 0.00000456. The molecule has 6 N–H and O–H groups in total. The van der Waals surface area contributed by atoms with E-state index in [1.54, 1.807) is 0 Å². The Labute approximate surface area is 216 Å². The number of hydrogen-bond acceptors (Lipinski definition) is 5. The summed E-state index contributed by atoms with van der Waals surface area (Å²) in [5.74, 6) is -1.91. The lowest BCUT2D eigenvalue weighted by Gasteiger charge is -2.40. The third kappa shape index (κ3) is 8.11. The van der Waals surface area contributed by atoms with Crippen LogP contribution in [0.25, 0.3) is 0 Å². The van der Waals surface area contributed by atoms with Crippen LogP contribution in [-0.2, 0) is 25.6 Å². The van der Waals surface area contributed by atoms with Crippen LogP contribution in [-0.4, -0.2) is 83.3 Å². The van der Waals surface area contributed by atoms with Crippen LogP contribution in [0.1, 0.15) is 31.2 Å². The van der Waals surface area contributed by atoms with Crippen molar-refractivity contribution in [2.24, 2.45) is 17.6 Å². The first kappa shape index (κ1) is 28.9. The molecule has 1 aliphatic carbocycles. The number of halogens is 1. The van der Waals surface area contributed by atoms with Crippen molar-refractivity contribution in [1.82, 2.24) is 20.4 Å². The fourth-order valence-electron chi connectivity index (χ4n) is 4.78. The van der Waals surface area contributed by atoms with Crippen LogP contribution in [0.3, 0.4) is 0 Å². The average molecular weight is 523 g/mol. The van der Waals surface area contributed by atoms with Gasteiger partial charge in [-0.3, -0.25) is 24.6 Å². The highest BCUT2D eigenvalue weighted by Crippen LogP contribution is 2.28. The van der Waals surface area contributed by atoms with Gasteiger partial charge in [-0.1, -0.05) is 30.3 Å². The highest BCUT2D eigenvalue weighted by atomic mass is 35.5. The summed E-state index contributed by atoms with van der Waals surface area (Å²) < 4.78 is 0. The van der Waals surface area contributed by atoms with E-state index in [2.05, 4.69) is 10.6 Å². The quantitative estimate of drug-likeness (QED) is 0.227. The molecule has 1 saturated carbocycles. The van der Waals surface area contributed by atoms with E-state index >= 15 is 0 Å². The zero-order valence-electron chi connectivity index (χ0n) is 20.2. The van der Waals surface area contributed by atoms with Crippen molar-refractivity contribution >= 4 is 42.1 Å². The van der Waals surface area contributed by atoms with Gasteiger partial charge in [0.25, 0.3) is 0 Å². The largest absolute Gasteiger partial charge is 0.480 e. The molecule has 0 radical (unpaired) electrons. The SMILES string of the molecule is Cl.N=C(N)NC[C@H]1CC[C@H](C(=O)NCC(=O)N2CCN(CC(=O)O)C(=O)[C@@H]2Cc2ccccc2)CC1. The van der Waals surface area contributed by atoms with Crippen LogP contribution in [0.15, 0.2) is 30.3 Å². The van der Waals surface area contributed by atoms with E-state index in [1.165, 1.54) is 9.80 Å². The summed E-state index contributed by atoms with van der Waals surface area (Å²) in [4.78, 5) is 52.7. The third-order valence-corrected chi connectivity index (χ3v) is 6.71. The molecule has 2 aliphatic rings. The summed E-state index contributed by atoms with van der Waals surface area (Å²) in [7, 11) is 0. The Bertz CT molecular complexity index is 938. The Morgan fingerprint density at radius 3 is 2.33 bits per heavy atom. The molecule has 0 aromatic heterocycles. The van der Waals surface area contributed by atoms with E-state index in [0.717, 1.165) is 18.4 Å². The number of benzene rings is 1. The minimum atomic E-state index is -1.10. The summed E-state index contributed by atoms with van der Waals surface area (Å²) in [5, 5.41) is 21.9. The Hall–Kier alpha value is -3.34. The Morgan fingerprint density at radius 1 is 1.06 bits per heavy atom. The van der Waals surface area contributed by atoms with Crippen molar-refractivity contribution in [3.63, 3.8) is 0 Å². The van der Waals surface area contributed by atoms with Gasteiger partial charge in [-0.2, -0.15) is 0 Å². The van der Waals surface area contributed by atoms with Gasteiger partial charge in [0.1, 0.15) is 12.6 Å². The van der Waals surface area contributed by atoms with E-state index in [-0.39, 0.29) is 62.2 Å². The second-order valence-electron chi connectivity index (χ2n) is 9.18. The summed E-state index contributed by atoms with van der Waals surface area (Å²) >= 11 is 0. The molecule has 1 heterocycles. The van der Waals surface area contributed by atoms with Gasteiger partial charge in [-0.15, -0.1) is 12.4 Å². The fraction of sp³-hybridized carbons (Fsp3) is 0.542. The first-order chi connectivity index (χ1) is 16.7. The number of carbonyl (C=O) groups is 4. The number of aliphatic carboxylic acids is 1. The number of rotatable bonds is 9. The Kier molecular flexibility index (Phi) is 11.0. The second-order valence-corrected chi connectivity index (χ2v) is 9.18. The van der Waals surface area contributed by atoms with Gasteiger partial charge in [-0.05, 0) is 37.2 Å². The smallest absolute Gasteiger partial charge is 0.323 e. The van der Waals surface area contributed by atoms with Gasteiger partial charge >= 0.3 is 5.97 Å². The van der Waals surface area contributed by atoms with Crippen LogP contribution < -0.4 is 16.4 Å². The molecule has 0 spiro atoms. The summed E-state index contributed by atoms with van der Waals surface area (Å²) in [6.45, 7) is 0.344. The molecule has 0 unspecified atom stereocenters. The van der Waals surface area contributed by atoms with Gasteiger partial charge in [0.15, 0.2) is 5.96 Å². The van der Waals surface area contributed by atoms with Gasteiger partial charge in [0.05, 0.1) is 6.54 Å². The molecular formula is C24H35ClN6O5. The molecule has 198 valence electrons. The molecule has 36 heavy (non-hydrogen) atoms. The molecule has 1 aromatic rings. The highest BCUT2D eigenvalue weighted by Gasteiger charge is 2.38. The topological polar surface area (TPSA) is 169 Å². The van der Waals surface area contributed by atoms with Gasteiger partial charge < -0.3 is 31.3 Å². The van der Waals surface area contributed by atoms with Gasteiger partial charge in [0.2, 0.25) is 17.7 Å². The monoisotopic (exact) mass is 522 g/mol. The van der Waals surface area contributed by atoms with E-state index in [9.17, 15) is 19.2 Å². The molecule has 0 bridgehead atoms. The van der Waals surface area contributed by atoms with Crippen LogP contribution in [0.4, 0.5) is 0 Å². The molecule has 3 amide bonds. The van der Waals surface area contributed by atoms with Crippen molar-refractivity contribution < 1.29 is 24.3 Å². The first-order valence-corrected chi connectivity index (χ1v) is 11.9. The van der Waals surface area contributed by atoms with Crippen molar-refractivity contribution in [2.75, 3.05) is 32.7 Å². The van der Waals surface area contributed by atoms with Crippen molar-refractivity contribution in [1.29, 1.82) is 5.41 Å². The highest BCUT2D eigenvalue weighted by molar-refractivity contribution is 5.92. The fourth-order valence-corrected chi connectivity index (χ4v) is 4.78. The lowest BCUT2D eigenvalue weighted by atomic mass is 9.81. The number of carbonyl (C=O) groups excluding carboxylic acids is 3. The zero-order valence-corrected chi connectivity index (χ0v) is 21.0. The number of nitrogens with zero attached hydrogens (tertiary/aromatic N) is 2.